The highest BCUT2D eigenvalue weighted by Crippen LogP contribution is 2.27. The van der Waals surface area contributed by atoms with Crippen molar-refractivity contribution >= 4 is 38.9 Å². The van der Waals surface area contributed by atoms with E-state index in [-0.39, 0.29) is 0 Å². The molecule has 1 amide bonds. The van der Waals surface area contributed by atoms with Gasteiger partial charge < -0.3 is 10.1 Å². The van der Waals surface area contributed by atoms with Crippen molar-refractivity contribution in [1.29, 1.82) is 0 Å². The van der Waals surface area contributed by atoms with E-state index in [0.717, 1.165) is 16.1 Å². The minimum absolute atomic E-state index is 0.360. The summed E-state index contributed by atoms with van der Waals surface area (Å²) in [5.41, 5.74) is 1.71. The van der Waals surface area contributed by atoms with Crippen LogP contribution in [0.25, 0.3) is 0 Å². The lowest BCUT2D eigenvalue weighted by atomic mass is 10.2. The minimum atomic E-state index is -3.73. The van der Waals surface area contributed by atoms with Crippen molar-refractivity contribution in [3.63, 3.8) is 0 Å². The zero-order valence-electron chi connectivity index (χ0n) is 17.4. The Bertz CT molecular complexity index is 1170. The fourth-order valence-electron chi connectivity index (χ4n) is 3.10. The third-order valence-corrected chi connectivity index (χ3v) is 6.08. The SMILES string of the molecule is Cc1cc(Cl)ccc1NC(=O)C(C)N(c1ccc(Oc2ccccc2)cc1)S(C)(=O)=O. The molecule has 0 spiro atoms. The predicted octanol–water partition coefficient (Wildman–Crippen LogP) is 5.23. The third kappa shape index (κ3) is 5.77. The summed E-state index contributed by atoms with van der Waals surface area (Å²) < 4.78 is 31.9. The quantitative estimate of drug-likeness (QED) is 0.525. The highest BCUT2D eigenvalue weighted by Gasteiger charge is 2.29. The molecule has 3 aromatic carbocycles. The van der Waals surface area contributed by atoms with Crippen LogP contribution in [0.15, 0.2) is 72.8 Å². The van der Waals surface area contributed by atoms with Gasteiger partial charge in [0.2, 0.25) is 15.9 Å². The molecule has 1 atom stereocenters. The zero-order valence-corrected chi connectivity index (χ0v) is 18.9. The Morgan fingerprint density at radius 2 is 1.61 bits per heavy atom. The largest absolute Gasteiger partial charge is 0.457 e. The van der Waals surface area contributed by atoms with Crippen LogP contribution >= 0.6 is 11.6 Å². The Balaban J connectivity index is 1.81. The molecule has 0 bridgehead atoms. The van der Waals surface area contributed by atoms with Gasteiger partial charge in [-0.05, 0) is 74.0 Å². The molecule has 0 saturated heterocycles. The van der Waals surface area contributed by atoms with Crippen molar-refractivity contribution in [3.05, 3.63) is 83.4 Å². The summed E-state index contributed by atoms with van der Waals surface area (Å²) in [6.07, 6.45) is 1.07. The molecular weight excluding hydrogens is 436 g/mol. The van der Waals surface area contributed by atoms with Crippen molar-refractivity contribution in [2.45, 2.75) is 19.9 Å². The van der Waals surface area contributed by atoms with Crippen LogP contribution in [-0.2, 0) is 14.8 Å². The average Bonchev–Trinajstić information content (AvgIpc) is 2.71. The van der Waals surface area contributed by atoms with Crippen molar-refractivity contribution in [2.24, 2.45) is 0 Å². The fraction of sp³-hybridized carbons (Fsp3) is 0.174. The molecule has 0 aliphatic carbocycles. The average molecular weight is 459 g/mol. The molecule has 0 fully saturated rings. The second kappa shape index (κ2) is 9.41. The van der Waals surface area contributed by atoms with E-state index in [1.807, 2.05) is 37.3 Å². The molecule has 3 aromatic rings. The van der Waals surface area contributed by atoms with Gasteiger partial charge in [-0.3, -0.25) is 9.10 Å². The van der Waals surface area contributed by atoms with Gasteiger partial charge in [-0.25, -0.2) is 8.42 Å². The second-order valence-electron chi connectivity index (χ2n) is 7.09. The van der Waals surface area contributed by atoms with Crippen LogP contribution in [0.3, 0.4) is 0 Å². The van der Waals surface area contributed by atoms with E-state index in [1.54, 1.807) is 42.5 Å². The normalized spacial score (nSPS) is 12.1. The maximum atomic E-state index is 12.8. The number of nitrogens with zero attached hydrogens (tertiary/aromatic N) is 1. The molecule has 162 valence electrons. The molecule has 0 aliphatic rings. The Morgan fingerprint density at radius 1 is 1.00 bits per heavy atom. The summed E-state index contributed by atoms with van der Waals surface area (Å²) in [7, 11) is -3.73. The van der Waals surface area contributed by atoms with E-state index >= 15 is 0 Å². The van der Waals surface area contributed by atoms with Gasteiger partial charge in [0.25, 0.3) is 0 Å². The summed E-state index contributed by atoms with van der Waals surface area (Å²) in [5, 5.41) is 3.33. The van der Waals surface area contributed by atoms with Gasteiger partial charge in [-0.2, -0.15) is 0 Å². The lowest BCUT2D eigenvalue weighted by Crippen LogP contribution is -2.45. The standard InChI is InChI=1S/C23H23ClN2O4S/c1-16-15-18(24)9-14-22(16)25-23(27)17(2)26(31(3,28)29)19-10-12-21(13-11-19)30-20-7-5-4-6-8-20/h4-15,17H,1-3H3,(H,25,27). The first-order valence-electron chi connectivity index (χ1n) is 9.54. The van der Waals surface area contributed by atoms with Crippen LogP contribution in [0.1, 0.15) is 12.5 Å². The Morgan fingerprint density at radius 3 is 2.19 bits per heavy atom. The number of aryl methyl sites for hydroxylation is 1. The smallest absolute Gasteiger partial charge is 0.248 e. The maximum absolute atomic E-state index is 12.8. The lowest BCUT2D eigenvalue weighted by Gasteiger charge is -2.28. The van der Waals surface area contributed by atoms with Gasteiger partial charge in [-0.15, -0.1) is 0 Å². The molecule has 1 unspecified atom stereocenters. The number of carbonyl (C=O) groups is 1. The Kier molecular flexibility index (Phi) is 6.87. The number of ether oxygens (including phenoxy) is 1. The number of benzene rings is 3. The summed E-state index contributed by atoms with van der Waals surface area (Å²) in [5.74, 6) is 0.763. The third-order valence-electron chi connectivity index (χ3n) is 4.60. The number of anilines is 2. The zero-order chi connectivity index (χ0) is 22.6. The van der Waals surface area contributed by atoms with Crippen LogP contribution in [0.5, 0.6) is 11.5 Å². The molecular formula is C23H23ClN2O4S. The molecule has 3 rings (SSSR count). The van der Waals surface area contributed by atoms with Crippen LogP contribution in [0.4, 0.5) is 11.4 Å². The summed E-state index contributed by atoms with van der Waals surface area (Å²) in [6, 6.07) is 19.9. The Labute approximate surface area is 187 Å². The van der Waals surface area contributed by atoms with Gasteiger partial charge in [0.1, 0.15) is 17.5 Å². The highest BCUT2D eigenvalue weighted by molar-refractivity contribution is 7.92. The maximum Gasteiger partial charge on any atom is 0.248 e. The number of hydrogen-bond acceptors (Lipinski definition) is 4. The summed E-state index contributed by atoms with van der Waals surface area (Å²) in [6.45, 7) is 3.35. The van der Waals surface area contributed by atoms with Crippen LogP contribution in [0, 0.1) is 6.92 Å². The van der Waals surface area contributed by atoms with Crippen LogP contribution < -0.4 is 14.4 Å². The second-order valence-corrected chi connectivity index (χ2v) is 9.39. The van der Waals surface area contributed by atoms with E-state index in [9.17, 15) is 13.2 Å². The van der Waals surface area contributed by atoms with Crippen molar-refractivity contribution in [2.75, 3.05) is 15.9 Å². The van der Waals surface area contributed by atoms with E-state index in [1.165, 1.54) is 6.92 Å². The molecule has 1 N–H and O–H groups in total. The number of sulfonamides is 1. The number of amides is 1. The lowest BCUT2D eigenvalue weighted by molar-refractivity contribution is -0.116. The molecule has 0 heterocycles. The first-order chi connectivity index (χ1) is 14.6. The van der Waals surface area contributed by atoms with E-state index in [0.29, 0.717) is 27.9 Å². The van der Waals surface area contributed by atoms with Crippen molar-refractivity contribution < 1.29 is 17.9 Å². The predicted molar refractivity (Wildman–Crippen MR) is 125 cm³/mol. The molecule has 8 heteroatoms. The van der Waals surface area contributed by atoms with Crippen molar-refractivity contribution in [3.8, 4) is 11.5 Å². The topological polar surface area (TPSA) is 75.7 Å². The minimum Gasteiger partial charge on any atom is -0.457 e. The molecule has 0 radical (unpaired) electrons. The van der Waals surface area contributed by atoms with E-state index in [2.05, 4.69) is 5.32 Å². The van der Waals surface area contributed by atoms with E-state index < -0.39 is 22.0 Å². The van der Waals surface area contributed by atoms with Gasteiger partial charge in [0.15, 0.2) is 0 Å². The number of halogens is 1. The molecule has 0 aliphatic heterocycles. The van der Waals surface area contributed by atoms with Gasteiger partial charge in [0, 0.05) is 10.7 Å². The first-order valence-corrected chi connectivity index (χ1v) is 11.8. The van der Waals surface area contributed by atoms with Crippen LogP contribution in [0.2, 0.25) is 5.02 Å². The number of nitrogens with one attached hydrogen (secondary N) is 1. The number of rotatable bonds is 7. The van der Waals surface area contributed by atoms with Crippen molar-refractivity contribution in [1.82, 2.24) is 0 Å². The van der Waals surface area contributed by atoms with Crippen LogP contribution in [-0.4, -0.2) is 26.6 Å². The number of carbonyl (C=O) groups excluding carboxylic acids is 1. The van der Waals surface area contributed by atoms with E-state index in [4.69, 9.17) is 16.3 Å². The van der Waals surface area contributed by atoms with Gasteiger partial charge >= 0.3 is 0 Å². The Hall–Kier alpha value is -3.03. The summed E-state index contributed by atoms with van der Waals surface area (Å²) >= 11 is 5.96. The molecule has 6 nitrogen and oxygen atoms in total. The fourth-order valence-corrected chi connectivity index (χ4v) is 4.50. The number of para-hydroxylation sites is 1. The molecule has 31 heavy (non-hydrogen) atoms. The monoisotopic (exact) mass is 458 g/mol. The molecule has 0 aromatic heterocycles. The summed E-state index contributed by atoms with van der Waals surface area (Å²) in [4.78, 5) is 12.8. The highest BCUT2D eigenvalue weighted by atomic mass is 35.5. The van der Waals surface area contributed by atoms with Gasteiger partial charge in [0.05, 0.1) is 11.9 Å². The number of hydrogen-bond donors (Lipinski definition) is 1. The van der Waals surface area contributed by atoms with Gasteiger partial charge in [-0.1, -0.05) is 29.8 Å². The molecule has 0 saturated carbocycles. The first kappa shape index (κ1) is 22.7.